The lowest BCUT2D eigenvalue weighted by Gasteiger charge is -2.42. The van der Waals surface area contributed by atoms with Crippen LogP contribution >= 0.6 is 0 Å². The number of unbranched alkanes of at least 4 members (excludes halogenated alkanes) is 2. The van der Waals surface area contributed by atoms with E-state index in [0.717, 1.165) is 12.8 Å². The van der Waals surface area contributed by atoms with Gasteiger partial charge in [0.15, 0.2) is 0 Å². The minimum Gasteiger partial charge on any atom is -0.469 e. The Morgan fingerprint density at radius 1 is 1.00 bits per heavy atom. The van der Waals surface area contributed by atoms with Gasteiger partial charge in [0.05, 0.1) is 12.5 Å². The predicted molar refractivity (Wildman–Crippen MR) is 73.0 cm³/mol. The fraction of sp³-hybridized carbons (Fsp3) is 0.933. The van der Waals surface area contributed by atoms with Gasteiger partial charge in [-0.25, -0.2) is 0 Å². The summed E-state index contributed by atoms with van der Waals surface area (Å²) >= 11 is 0. The van der Waals surface area contributed by atoms with Gasteiger partial charge in [-0.2, -0.15) is 0 Å². The van der Waals surface area contributed by atoms with Gasteiger partial charge in [-0.15, -0.1) is 0 Å². The Bertz CT molecular complexity index is 223. The molecule has 0 bridgehead atoms. The second kappa shape index (κ2) is 7.03. The van der Waals surface area contributed by atoms with E-state index in [-0.39, 0.29) is 11.4 Å². The quantitative estimate of drug-likeness (QED) is 0.583. The van der Waals surface area contributed by atoms with Crippen molar-refractivity contribution in [3.63, 3.8) is 0 Å². The molecular formula is C15H30O2. The summed E-state index contributed by atoms with van der Waals surface area (Å²) in [6, 6.07) is 0. The van der Waals surface area contributed by atoms with Gasteiger partial charge in [0, 0.05) is 0 Å². The van der Waals surface area contributed by atoms with Gasteiger partial charge < -0.3 is 4.74 Å². The zero-order chi connectivity index (χ0) is 13.5. The summed E-state index contributed by atoms with van der Waals surface area (Å²) in [6.45, 7) is 10.7. The fourth-order valence-corrected chi connectivity index (χ4v) is 2.39. The zero-order valence-electron chi connectivity index (χ0n) is 12.6. The van der Waals surface area contributed by atoms with Crippen molar-refractivity contribution in [2.24, 2.45) is 10.8 Å². The second-order valence-corrected chi connectivity index (χ2v) is 5.88. The van der Waals surface area contributed by atoms with Crippen molar-refractivity contribution < 1.29 is 9.53 Å². The molecule has 0 saturated heterocycles. The normalized spacial score (nSPS) is 12.6. The molecule has 0 aromatic heterocycles. The van der Waals surface area contributed by atoms with E-state index < -0.39 is 5.41 Å². The number of rotatable bonds is 8. The molecule has 102 valence electrons. The summed E-state index contributed by atoms with van der Waals surface area (Å²) in [5.41, 5.74) is -0.349. The van der Waals surface area contributed by atoms with E-state index in [9.17, 15) is 4.79 Å². The van der Waals surface area contributed by atoms with Gasteiger partial charge >= 0.3 is 5.97 Å². The molecule has 0 spiro atoms. The molecule has 17 heavy (non-hydrogen) atoms. The topological polar surface area (TPSA) is 26.3 Å². The number of esters is 1. The van der Waals surface area contributed by atoms with Crippen LogP contribution in [-0.2, 0) is 9.53 Å². The molecule has 0 heterocycles. The fourth-order valence-electron chi connectivity index (χ4n) is 2.39. The van der Waals surface area contributed by atoms with Crippen LogP contribution in [0.15, 0.2) is 0 Å². The van der Waals surface area contributed by atoms with Crippen LogP contribution in [0.5, 0.6) is 0 Å². The average molecular weight is 242 g/mol. The summed E-state index contributed by atoms with van der Waals surface area (Å²) in [6.07, 6.45) is 6.93. The Labute approximate surface area is 107 Å². The van der Waals surface area contributed by atoms with Crippen molar-refractivity contribution in [3.05, 3.63) is 0 Å². The van der Waals surface area contributed by atoms with Crippen molar-refractivity contribution >= 4 is 5.97 Å². The van der Waals surface area contributed by atoms with E-state index in [1.165, 1.54) is 32.8 Å². The van der Waals surface area contributed by atoms with Crippen LogP contribution in [0, 0.1) is 10.8 Å². The minimum absolute atomic E-state index is 0.0477. The van der Waals surface area contributed by atoms with Crippen molar-refractivity contribution in [2.75, 3.05) is 7.11 Å². The first kappa shape index (κ1) is 16.5. The number of hydrogen-bond donors (Lipinski definition) is 0. The monoisotopic (exact) mass is 242 g/mol. The predicted octanol–water partition coefficient (Wildman–Crippen LogP) is 4.57. The van der Waals surface area contributed by atoms with Gasteiger partial charge in [0.1, 0.15) is 0 Å². The van der Waals surface area contributed by atoms with Crippen LogP contribution in [0.2, 0.25) is 0 Å². The highest BCUT2D eigenvalue weighted by molar-refractivity contribution is 5.76. The highest BCUT2D eigenvalue weighted by Crippen LogP contribution is 2.47. The Morgan fingerprint density at radius 3 is 1.71 bits per heavy atom. The maximum absolute atomic E-state index is 12.0. The van der Waals surface area contributed by atoms with Crippen molar-refractivity contribution in [1.29, 1.82) is 0 Å². The first-order chi connectivity index (χ1) is 7.85. The van der Waals surface area contributed by atoms with Gasteiger partial charge in [-0.3, -0.25) is 4.79 Å². The molecule has 2 heteroatoms. The molecule has 0 aromatic rings. The van der Waals surface area contributed by atoms with Gasteiger partial charge in [-0.1, -0.05) is 46.5 Å². The molecule has 0 unspecified atom stereocenters. The Hall–Kier alpha value is -0.530. The number of carbonyl (C=O) groups is 1. The Kier molecular flexibility index (Phi) is 6.81. The molecule has 0 aliphatic carbocycles. The summed E-state index contributed by atoms with van der Waals surface area (Å²) < 4.78 is 4.98. The van der Waals surface area contributed by atoms with Crippen LogP contribution in [0.25, 0.3) is 0 Å². The lowest BCUT2D eigenvalue weighted by molar-refractivity contribution is -0.159. The molecular weight excluding hydrogens is 212 g/mol. The van der Waals surface area contributed by atoms with Crippen LogP contribution in [0.4, 0.5) is 0 Å². The first-order valence-electron chi connectivity index (χ1n) is 6.94. The molecule has 2 nitrogen and oxygen atoms in total. The minimum atomic E-state index is -0.397. The van der Waals surface area contributed by atoms with Crippen molar-refractivity contribution in [3.8, 4) is 0 Å². The molecule has 0 N–H and O–H groups in total. The zero-order valence-corrected chi connectivity index (χ0v) is 12.6. The lowest BCUT2D eigenvalue weighted by atomic mass is 9.61. The van der Waals surface area contributed by atoms with E-state index in [0.29, 0.717) is 0 Å². The van der Waals surface area contributed by atoms with Crippen LogP contribution in [-0.4, -0.2) is 13.1 Å². The largest absolute Gasteiger partial charge is 0.469 e. The molecule has 0 rings (SSSR count). The van der Waals surface area contributed by atoms with Crippen LogP contribution in [0.3, 0.4) is 0 Å². The number of carbonyl (C=O) groups excluding carboxylic acids is 1. The van der Waals surface area contributed by atoms with Crippen molar-refractivity contribution in [2.45, 2.75) is 73.1 Å². The molecule has 0 aliphatic rings. The second-order valence-electron chi connectivity index (χ2n) is 5.88. The third kappa shape index (κ3) is 4.01. The van der Waals surface area contributed by atoms with E-state index in [1.807, 2.05) is 13.8 Å². The molecule has 0 saturated carbocycles. The SMILES string of the molecule is CCCCC(C)(CCCC)C(C)(C)C(=O)OC. The van der Waals surface area contributed by atoms with Gasteiger partial charge in [-0.05, 0) is 32.1 Å². The average Bonchev–Trinajstić information content (AvgIpc) is 2.32. The standard InChI is InChI=1S/C15H30O2/c1-7-9-11-15(5,12-10-8-2)14(3,4)13(16)17-6/h7-12H2,1-6H3. The van der Waals surface area contributed by atoms with Gasteiger partial charge in [0.2, 0.25) is 0 Å². The Balaban J connectivity index is 4.92. The van der Waals surface area contributed by atoms with E-state index in [4.69, 9.17) is 4.74 Å². The number of ether oxygens (including phenoxy) is 1. The number of methoxy groups -OCH3 is 1. The first-order valence-corrected chi connectivity index (χ1v) is 6.94. The molecule has 0 fully saturated rings. The van der Waals surface area contributed by atoms with Crippen molar-refractivity contribution in [1.82, 2.24) is 0 Å². The molecule has 0 aromatic carbocycles. The van der Waals surface area contributed by atoms with E-state index >= 15 is 0 Å². The number of hydrogen-bond acceptors (Lipinski definition) is 2. The summed E-state index contributed by atoms with van der Waals surface area (Å²) in [4.78, 5) is 12.0. The molecule has 0 amide bonds. The molecule has 0 radical (unpaired) electrons. The van der Waals surface area contributed by atoms with Crippen LogP contribution in [0.1, 0.15) is 73.1 Å². The Morgan fingerprint density at radius 2 is 1.41 bits per heavy atom. The third-order valence-corrected chi connectivity index (χ3v) is 4.37. The lowest BCUT2D eigenvalue weighted by Crippen LogP contribution is -2.42. The molecule has 0 aliphatic heterocycles. The van der Waals surface area contributed by atoms with E-state index in [1.54, 1.807) is 0 Å². The maximum Gasteiger partial charge on any atom is 0.311 e. The smallest absolute Gasteiger partial charge is 0.311 e. The summed E-state index contributed by atoms with van der Waals surface area (Å²) in [7, 11) is 1.49. The highest BCUT2D eigenvalue weighted by Gasteiger charge is 2.46. The summed E-state index contributed by atoms with van der Waals surface area (Å²) in [5.74, 6) is -0.0767. The maximum atomic E-state index is 12.0. The highest BCUT2D eigenvalue weighted by atomic mass is 16.5. The van der Waals surface area contributed by atoms with Crippen LogP contribution < -0.4 is 0 Å². The summed E-state index contributed by atoms with van der Waals surface area (Å²) in [5, 5.41) is 0. The van der Waals surface area contributed by atoms with Gasteiger partial charge in [0.25, 0.3) is 0 Å². The molecule has 0 atom stereocenters. The third-order valence-electron chi connectivity index (χ3n) is 4.37. The van der Waals surface area contributed by atoms with E-state index in [2.05, 4.69) is 20.8 Å².